The third-order valence-corrected chi connectivity index (χ3v) is 7.49. The summed E-state index contributed by atoms with van der Waals surface area (Å²) < 4.78 is 28.1. The molecule has 4 rings (SSSR count). The summed E-state index contributed by atoms with van der Waals surface area (Å²) in [6.45, 7) is 3.09. The number of carbonyl (C=O) groups is 1. The van der Waals surface area contributed by atoms with Gasteiger partial charge in [-0.3, -0.25) is 4.79 Å². The number of sulfonamides is 1. The summed E-state index contributed by atoms with van der Waals surface area (Å²) in [5.74, 6) is 0.586. The first-order valence-corrected chi connectivity index (χ1v) is 11.7. The van der Waals surface area contributed by atoms with Crippen molar-refractivity contribution in [1.29, 1.82) is 0 Å². The van der Waals surface area contributed by atoms with E-state index >= 15 is 0 Å². The Hall–Kier alpha value is -1.60. The Morgan fingerprint density at radius 2 is 1.52 bits per heavy atom. The van der Waals surface area contributed by atoms with Gasteiger partial charge < -0.3 is 9.80 Å². The van der Waals surface area contributed by atoms with E-state index in [2.05, 4.69) is 9.62 Å². The lowest BCUT2D eigenvalue weighted by Gasteiger charge is -2.36. The Kier molecular flexibility index (Phi) is 5.41. The van der Waals surface area contributed by atoms with Crippen LogP contribution in [0.5, 0.6) is 0 Å². The second-order valence-electron chi connectivity index (χ2n) is 8.04. The van der Waals surface area contributed by atoms with Crippen LogP contribution in [0.2, 0.25) is 0 Å². The summed E-state index contributed by atoms with van der Waals surface area (Å²) >= 11 is 0. The number of carbonyl (C=O) groups excluding carboxylic acids is 1. The molecule has 2 aliphatic carbocycles. The highest BCUT2D eigenvalue weighted by Gasteiger charge is 2.34. The van der Waals surface area contributed by atoms with Crippen LogP contribution in [-0.4, -0.2) is 51.4 Å². The van der Waals surface area contributed by atoms with Crippen LogP contribution >= 0.6 is 0 Å². The number of amides is 1. The van der Waals surface area contributed by atoms with Gasteiger partial charge >= 0.3 is 0 Å². The highest BCUT2D eigenvalue weighted by Crippen LogP contribution is 2.31. The quantitative estimate of drug-likeness (QED) is 0.837. The fourth-order valence-corrected chi connectivity index (χ4v) is 5.42. The predicted octanol–water partition coefficient (Wildman–Crippen LogP) is 2.36. The summed E-state index contributed by atoms with van der Waals surface area (Å²) in [5, 5.41) is 0. The number of hydrogen-bond acceptors (Lipinski definition) is 4. The monoisotopic (exact) mass is 391 g/mol. The first-order chi connectivity index (χ1) is 13.0. The molecule has 1 aromatic rings. The van der Waals surface area contributed by atoms with E-state index in [4.69, 9.17) is 0 Å². The molecular weight excluding hydrogens is 362 g/mol. The zero-order valence-electron chi connectivity index (χ0n) is 15.8. The molecule has 1 heterocycles. The highest BCUT2D eigenvalue weighted by molar-refractivity contribution is 7.89. The van der Waals surface area contributed by atoms with Crippen LogP contribution in [0.15, 0.2) is 29.2 Å². The molecule has 1 amide bonds. The van der Waals surface area contributed by atoms with Gasteiger partial charge in [0.05, 0.1) is 4.90 Å². The maximum atomic E-state index is 12.6. The molecule has 27 heavy (non-hydrogen) atoms. The minimum Gasteiger partial charge on any atom is -0.368 e. The van der Waals surface area contributed by atoms with Gasteiger partial charge in [0.15, 0.2) is 0 Å². The number of anilines is 1. The molecule has 6 nitrogen and oxygen atoms in total. The predicted molar refractivity (Wildman–Crippen MR) is 105 cm³/mol. The lowest BCUT2D eigenvalue weighted by atomic mass is 9.96. The van der Waals surface area contributed by atoms with Crippen LogP contribution in [-0.2, 0) is 14.8 Å². The van der Waals surface area contributed by atoms with E-state index in [1.807, 2.05) is 17.0 Å². The van der Waals surface area contributed by atoms with E-state index in [0.29, 0.717) is 10.8 Å². The zero-order chi connectivity index (χ0) is 18.9. The van der Waals surface area contributed by atoms with Crippen molar-refractivity contribution in [3.63, 3.8) is 0 Å². The molecule has 1 N–H and O–H groups in total. The van der Waals surface area contributed by atoms with Gasteiger partial charge in [-0.2, -0.15) is 0 Å². The smallest absolute Gasteiger partial charge is 0.240 e. The molecule has 0 unspecified atom stereocenters. The van der Waals surface area contributed by atoms with Crippen LogP contribution in [0.1, 0.15) is 44.9 Å². The van der Waals surface area contributed by atoms with Crippen molar-refractivity contribution in [2.24, 2.45) is 5.92 Å². The number of nitrogens with zero attached hydrogens (tertiary/aromatic N) is 2. The molecule has 148 valence electrons. The van der Waals surface area contributed by atoms with Gasteiger partial charge in [0.1, 0.15) is 0 Å². The van der Waals surface area contributed by atoms with Gasteiger partial charge in [-0.25, -0.2) is 13.1 Å². The first kappa shape index (κ1) is 18.7. The van der Waals surface area contributed by atoms with Gasteiger partial charge in [0, 0.05) is 43.8 Å². The lowest BCUT2D eigenvalue weighted by Crippen LogP contribution is -2.49. The highest BCUT2D eigenvalue weighted by atomic mass is 32.2. The van der Waals surface area contributed by atoms with Crippen LogP contribution in [0, 0.1) is 5.92 Å². The maximum Gasteiger partial charge on any atom is 0.240 e. The fourth-order valence-electron chi connectivity index (χ4n) is 4.12. The Balaban J connectivity index is 1.35. The molecule has 3 aliphatic rings. The van der Waals surface area contributed by atoms with Crippen molar-refractivity contribution >= 4 is 21.6 Å². The molecule has 1 aromatic carbocycles. The van der Waals surface area contributed by atoms with E-state index in [1.54, 1.807) is 12.1 Å². The van der Waals surface area contributed by atoms with Crippen LogP contribution in [0.25, 0.3) is 0 Å². The van der Waals surface area contributed by atoms with Gasteiger partial charge in [-0.15, -0.1) is 0 Å². The molecule has 0 bridgehead atoms. The molecule has 1 aliphatic heterocycles. The van der Waals surface area contributed by atoms with Crippen molar-refractivity contribution in [3.05, 3.63) is 24.3 Å². The average molecular weight is 392 g/mol. The molecule has 0 atom stereocenters. The van der Waals surface area contributed by atoms with Crippen molar-refractivity contribution in [2.75, 3.05) is 31.1 Å². The minimum atomic E-state index is -3.45. The standard InChI is InChI=1S/C20H29N3O3S/c24-20(16-6-7-16)23-14-12-22(13-15-23)18-8-10-19(11-9-18)27(25,26)21-17-4-2-1-3-5-17/h8-11,16-17,21H,1-7,12-15H2. The van der Waals surface area contributed by atoms with E-state index in [9.17, 15) is 13.2 Å². The topological polar surface area (TPSA) is 69.7 Å². The molecule has 7 heteroatoms. The van der Waals surface area contributed by atoms with E-state index in [-0.39, 0.29) is 12.0 Å². The first-order valence-electron chi connectivity index (χ1n) is 10.2. The molecule has 0 spiro atoms. The number of hydrogen-bond donors (Lipinski definition) is 1. The van der Waals surface area contributed by atoms with E-state index in [0.717, 1.165) is 70.4 Å². The number of rotatable bonds is 5. The molecular formula is C20H29N3O3S. The number of benzene rings is 1. The van der Waals surface area contributed by atoms with Crippen molar-refractivity contribution in [3.8, 4) is 0 Å². The summed E-state index contributed by atoms with van der Waals surface area (Å²) in [6.07, 6.45) is 7.35. The molecule has 3 fully saturated rings. The Bertz CT molecular complexity index is 760. The van der Waals surface area contributed by atoms with Crippen LogP contribution < -0.4 is 9.62 Å². The SMILES string of the molecule is O=C(C1CC1)N1CCN(c2ccc(S(=O)(=O)NC3CCCCC3)cc2)CC1. The van der Waals surface area contributed by atoms with Gasteiger partial charge in [0.25, 0.3) is 0 Å². The van der Waals surface area contributed by atoms with Gasteiger partial charge in [-0.1, -0.05) is 19.3 Å². The van der Waals surface area contributed by atoms with Crippen molar-refractivity contribution in [1.82, 2.24) is 9.62 Å². The lowest BCUT2D eigenvalue weighted by molar-refractivity contribution is -0.132. The molecule has 2 saturated carbocycles. The summed E-state index contributed by atoms with van der Waals surface area (Å²) in [6, 6.07) is 7.23. The summed E-state index contributed by atoms with van der Waals surface area (Å²) in [7, 11) is -3.45. The molecule has 1 saturated heterocycles. The Morgan fingerprint density at radius 1 is 0.889 bits per heavy atom. The molecule has 0 aromatic heterocycles. The minimum absolute atomic E-state index is 0.0699. The average Bonchev–Trinajstić information content (AvgIpc) is 3.53. The van der Waals surface area contributed by atoms with Crippen LogP contribution in [0.3, 0.4) is 0 Å². The van der Waals surface area contributed by atoms with Gasteiger partial charge in [-0.05, 0) is 49.9 Å². The van der Waals surface area contributed by atoms with Gasteiger partial charge in [0.2, 0.25) is 15.9 Å². The normalized spacial score (nSPS) is 22.1. The largest absolute Gasteiger partial charge is 0.368 e. The van der Waals surface area contributed by atoms with Crippen molar-refractivity contribution in [2.45, 2.75) is 55.9 Å². The van der Waals surface area contributed by atoms with E-state index < -0.39 is 10.0 Å². The zero-order valence-corrected chi connectivity index (χ0v) is 16.6. The number of nitrogens with one attached hydrogen (secondary N) is 1. The molecule has 0 radical (unpaired) electrons. The van der Waals surface area contributed by atoms with Crippen LogP contribution in [0.4, 0.5) is 5.69 Å². The third kappa shape index (κ3) is 4.46. The Morgan fingerprint density at radius 3 is 2.11 bits per heavy atom. The second kappa shape index (κ2) is 7.80. The number of piperazine rings is 1. The summed E-state index contributed by atoms with van der Waals surface area (Å²) in [5.41, 5.74) is 1.02. The van der Waals surface area contributed by atoms with E-state index in [1.165, 1.54) is 6.42 Å². The third-order valence-electron chi connectivity index (χ3n) is 5.96. The second-order valence-corrected chi connectivity index (χ2v) is 9.75. The fraction of sp³-hybridized carbons (Fsp3) is 0.650. The summed E-state index contributed by atoms with van der Waals surface area (Å²) in [4.78, 5) is 16.7. The Labute approximate surface area is 162 Å². The van der Waals surface area contributed by atoms with Crippen molar-refractivity contribution < 1.29 is 13.2 Å². The maximum absolute atomic E-state index is 12.6.